The Kier molecular flexibility index (Phi) is 4.33. The lowest BCUT2D eigenvalue weighted by Crippen LogP contribution is -2.51. The Bertz CT molecular complexity index is 907. The predicted molar refractivity (Wildman–Crippen MR) is 98.7 cm³/mol. The van der Waals surface area contributed by atoms with E-state index >= 15 is 0 Å². The summed E-state index contributed by atoms with van der Waals surface area (Å²) >= 11 is 0. The number of anilines is 1. The van der Waals surface area contributed by atoms with Crippen molar-refractivity contribution in [1.82, 2.24) is 9.80 Å². The van der Waals surface area contributed by atoms with Crippen molar-refractivity contribution in [3.05, 3.63) is 69.8 Å². The minimum atomic E-state index is -0.619. The smallest absolute Gasteiger partial charge is 0.282 e. The number of carbonyl (C=O) groups excluding carboxylic acids is 2. The monoisotopic (exact) mass is 366 g/mol. The quantitative estimate of drug-likeness (QED) is 0.467. The molecule has 4 rings (SSSR count). The molecule has 0 radical (unpaired) electrons. The zero-order valence-corrected chi connectivity index (χ0v) is 14.6. The lowest BCUT2D eigenvalue weighted by molar-refractivity contribution is -0.385. The molecule has 2 heterocycles. The molecule has 8 heteroatoms. The van der Waals surface area contributed by atoms with Crippen LogP contribution in [0.25, 0.3) is 0 Å². The molecule has 0 aromatic heterocycles. The van der Waals surface area contributed by atoms with Crippen LogP contribution in [0.4, 0.5) is 11.4 Å². The molecule has 1 fully saturated rings. The summed E-state index contributed by atoms with van der Waals surface area (Å²) in [7, 11) is 0. The van der Waals surface area contributed by atoms with Gasteiger partial charge in [0.15, 0.2) is 0 Å². The number of para-hydroxylation sites is 1. The number of benzene rings is 2. The van der Waals surface area contributed by atoms with Crippen molar-refractivity contribution in [3.63, 3.8) is 0 Å². The number of piperazine rings is 1. The van der Waals surface area contributed by atoms with Gasteiger partial charge in [-0.05, 0) is 18.2 Å². The van der Waals surface area contributed by atoms with Gasteiger partial charge >= 0.3 is 0 Å². The second-order valence-electron chi connectivity index (χ2n) is 6.58. The van der Waals surface area contributed by atoms with E-state index < -0.39 is 16.7 Å². The number of nitrogens with zero attached hydrogens (tertiary/aromatic N) is 4. The van der Waals surface area contributed by atoms with Crippen molar-refractivity contribution in [3.8, 4) is 0 Å². The molecule has 0 N–H and O–H groups in total. The molecule has 0 spiro atoms. The van der Waals surface area contributed by atoms with Crippen molar-refractivity contribution < 1.29 is 14.5 Å². The van der Waals surface area contributed by atoms with Gasteiger partial charge in [-0.15, -0.1) is 0 Å². The summed E-state index contributed by atoms with van der Waals surface area (Å²) in [6.07, 6.45) is 0. The normalized spacial score (nSPS) is 17.3. The highest BCUT2D eigenvalue weighted by molar-refractivity contribution is 6.23. The summed E-state index contributed by atoms with van der Waals surface area (Å²) in [5.74, 6) is -1.06. The molecule has 0 atom stereocenters. The highest BCUT2D eigenvalue weighted by Gasteiger charge is 2.41. The summed E-state index contributed by atoms with van der Waals surface area (Å²) in [5, 5.41) is 11.2. The van der Waals surface area contributed by atoms with E-state index in [2.05, 4.69) is 17.0 Å². The molecular formula is C19H18N4O4. The van der Waals surface area contributed by atoms with E-state index in [4.69, 9.17) is 0 Å². The molecule has 2 aromatic carbocycles. The third-order valence-corrected chi connectivity index (χ3v) is 5.01. The number of imide groups is 1. The zero-order chi connectivity index (χ0) is 19.0. The molecule has 138 valence electrons. The van der Waals surface area contributed by atoms with Gasteiger partial charge in [-0.3, -0.25) is 29.5 Å². The van der Waals surface area contributed by atoms with Crippen LogP contribution in [0.2, 0.25) is 0 Å². The van der Waals surface area contributed by atoms with Gasteiger partial charge in [-0.25, -0.2) is 0 Å². The Morgan fingerprint density at radius 1 is 0.889 bits per heavy atom. The Hall–Kier alpha value is -3.26. The topological polar surface area (TPSA) is 87.0 Å². The molecule has 0 aliphatic carbocycles. The Labute approximate surface area is 155 Å². The van der Waals surface area contributed by atoms with Crippen LogP contribution in [0, 0.1) is 10.1 Å². The summed E-state index contributed by atoms with van der Waals surface area (Å²) in [6, 6.07) is 14.2. The van der Waals surface area contributed by atoms with Crippen molar-refractivity contribution >= 4 is 23.2 Å². The molecule has 27 heavy (non-hydrogen) atoms. The van der Waals surface area contributed by atoms with E-state index in [1.54, 1.807) is 0 Å². The maximum absolute atomic E-state index is 12.7. The van der Waals surface area contributed by atoms with Crippen LogP contribution < -0.4 is 4.90 Å². The minimum absolute atomic E-state index is 0.101. The van der Waals surface area contributed by atoms with Gasteiger partial charge in [-0.1, -0.05) is 24.3 Å². The van der Waals surface area contributed by atoms with Crippen LogP contribution in [-0.2, 0) is 0 Å². The number of nitro groups is 1. The lowest BCUT2D eigenvalue weighted by atomic mass is 10.1. The van der Waals surface area contributed by atoms with Gasteiger partial charge in [0.1, 0.15) is 5.56 Å². The van der Waals surface area contributed by atoms with Crippen LogP contribution >= 0.6 is 0 Å². The third-order valence-electron chi connectivity index (χ3n) is 5.01. The predicted octanol–water partition coefficient (Wildman–Crippen LogP) is 1.97. The van der Waals surface area contributed by atoms with Crippen molar-refractivity contribution in [2.45, 2.75) is 0 Å². The third kappa shape index (κ3) is 3.04. The second-order valence-corrected chi connectivity index (χ2v) is 6.58. The molecule has 0 bridgehead atoms. The van der Waals surface area contributed by atoms with E-state index in [1.807, 2.05) is 23.1 Å². The van der Waals surface area contributed by atoms with Crippen LogP contribution in [0.5, 0.6) is 0 Å². The van der Waals surface area contributed by atoms with Crippen molar-refractivity contribution in [2.75, 3.05) is 37.7 Å². The van der Waals surface area contributed by atoms with E-state index in [9.17, 15) is 19.7 Å². The van der Waals surface area contributed by atoms with Gasteiger partial charge in [-0.2, -0.15) is 0 Å². The molecular weight excluding hydrogens is 348 g/mol. The first-order valence-corrected chi connectivity index (χ1v) is 8.72. The summed E-state index contributed by atoms with van der Waals surface area (Å²) < 4.78 is 0. The van der Waals surface area contributed by atoms with E-state index in [-0.39, 0.29) is 23.5 Å². The SMILES string of the molecule is O=C1c2cccc([N+](=O)[O-])c2C(=O)N1CN1CCN(c2ccccc2)CC1. The number of carbonyl (C=O) groups is 2. The number of fused-ring (bicyclic) bond motifs is 1. The Morgan fingerprint density at radius 3 is 2.26 bits per heavy atom. The number of rotatable bonds is 4. The highest BCUT2D eigenvalue weighted by atomic mass is 16.6. The fraction of sp³-hybridized carbons (Fsp3) is 0.263. The fourth-order valence-electron chi connectivity index (χ4n) is 3.58. The van der Waals surface area contributed by atoms with Crippen LogP contribution in [0.1, 0.15) is 20.7 Å². The molecule has 2 amide bonds. The molecule has 2 aromatic rings. The highest BCUT2D eigenvalue weighted by Crippen LogP contribution is 2.31. The summed E-state index contributed by atoms with van der Waals surface area (Å²) in [5.41, 5.74) is 0.836. The first kappa shape index (κ1) is 17.2. The van der Waals surface area contributed by atoms with Crippen LogP contribution in [0.3, 0.4) is 0 Å². The molecule has 2 aliphatic heterocycles. The minimum Gasteiger partial charge on any atom is -0.369 e. The first-order valence-electron chi connectivity index (χ1n) is 8.72. The average molecular weight is 366 g/mol. The average Bonchev–Trinajstić information content (AvgIpc) is 2.94. The molecule has 0 unspecified atom stereocenters. The van der Waals surface area contributed by atoms with E-state index in [0.717, 1.165) is 23.7 Å². The Balaban J connectivity index is 1.45. The first-order chi connectivity index (χ1) is 13.1. The molecule has 8 nitrogen and oxygen atoms in total. The maximum atomic E-state index is 12.7. The number of hydrogen-bond acceptors (Lipinski definition) is 6. The lowest BCUT2D eigenvalue weighted by Gasteiger charge is -2.37. The summed E-state index contributed by atoms with van der Waals surface area (Å²) in [6.45, 7) is 3.11. The number of hydrogen-bond donors (Lipinski definition) is 0. The van der Waals surface area contributed by atoms with Crippen molar-refractivity contribution in [2.24, 2.45) is 0 Å². The van der Waals surface area contributed by atoms with Crippen molar-refractivity contribution in [1.29, 1.82) is 0 Å². The van der Waals surface area contributed by atoms with Gasteiger partial charge < -0.3 is 4.90 Å². The van der Waals surface area contributed by atoms with Gasteiger partial charge in [0.05, 0.1) is 17.2 Å². The summed E-state index contributed by atoms with van der Waals surface area (Å²) in [4.78, 5) is 41.2. The van der Waals surface area contributed by atoms with Gasteiger partial charge in [0, 0.05) is 37.9 Å². The molecule has 1 saturated heterocycles. The Morgan fingerprint density at radius 2 is 1.59 bits per heavy atom. The maximum Gasteiger partial charge on any atom is 0.282 e. The molecule has 2 aliphatic rings. The number of nitro benzene ring substituents is 1. The fourth-order valence-corrected chi connectivity index (χ4v) is 3.58. The van der Waals surface area contributed by atoms with Gasteiger partial charge in [0.25, 0.3) is 17.5 Å². The zero-order valence-electron chi connectivity index (χ0n) is 14.6. The van der Waals surface area contributed by atoms with Crippen LogP contribution in [-0.4, -0.2) is 59.4 Å². The molecule has 0 saturated carbocycles. The van der Waals surface area contributed by atoms with Gasteiger partial charge in [0.2, 0.25) is 0 Å². The standard InChI is InChI=1S/C19H18N4O4/c24-18-15-7-4-8-16(23(26)27)17(15)19(25)22(18)13-20-9-11-21(12-10-20)14-5-2-1-3-6-14/h1-8H,9-13H2. The number of amides is 2. The largest absolute Gasteiger partial charge is 0.369 e. The van der Waals surface area contributed by atoms with Crippen LogP contribution in [0.15, 0.2) is 48.5 Å². The van der Waals surface area contributed by atoms with E-state index in [0.29, 0.717) is 13.1 Å². The second kappa shape index (κ2) is 6.81. The van der Waals surface area contributed by atoms with E-state index in [1.165, 1.54) is 18.2 Å².